The van der Waals surface area contributed by atoms with E-state index in [0.29, 0.717) is 18.8 Å². The summed E-state index contributed by atoms with van der Waals surface area (Å²) >= 11 is 0. The van der Waals surface area contributed by atoms with Crippen LogP contribution in [0, 0.1) is 22.7 Å². The van der Waals surface area contributed by atoms with Crippen molar-refractivity contribution in [2.75, 3.05) is 13.7 Å². The average molecular weight is 439 g/mol. The molecule has 176 valence electrons. The molecule has 2 unspecified atom stereocenters. The van der Waals surface area contributed by atoms with E-state index < -0.39 is 29.6 Å². The van der Waals surface area contributed by atoms with E-state index in [2.05, 4.69) is 19.9 Å². The van der Waals surface area contributed by atoms with E-state index in [1.54, 1.807) is 0 Å². The Hall–Kier alpha value is -1.89. The molecule has 0 saturated heterocycles. The zero-order chi connectivity index (χ0) is 23.4. The van der Waals surface area contributed by atoms with E-state index in [4.69, 9.17) is 14.2 Å². The van der Waals surface area contributed by atoms with E-state index in [0.717, 1.165) is 25.7 Å². The summed E-state index contributed by atoms with van der Waals surface area (Å²) in [5, 5.41) is 10.8. The van der Waals surface area contributed by atoms with Crippen molar-refractivity contribution in [3.63, 3.8) is 0 Å². The molecule has 0 aromatic heterocycles. The topological polar surface area (TPSA) is 99.1 Å². The van der Waals surface area contributed by atoms with Crippen molar-refractivity contribution >= 4 is 17.9 Å². The summed E-state index contributed by atoms with van der Waals surface area (Å²) < 4.78 is 15.3. The van der Waals surface area contributed by atoms with Crippen LogP contribution in [0.5, 0.6) is 0 Å². The van der Waals surface area contributed by atoms with Gasteiger partial charge in [0.05, 0.1) is 18.6 Å². The number of hydrogen-bond acceptors (Lipinski definition) is 7. The van der Waals surface area contributed by atoms with Gasteiger partial charge >= 0.3 is 17.9 Å². The van der Waals surface area contributed by atoms with Gasteiger partial charge in [-0.1, -0.05) is 25.5 Å². The van der Waals surface area contributed by atoms with Crippen LogP contribution in [-0.4, -0.2) is 48.9 Å². The van der Waals surface area contributed by atoms with Gasteiger partial charge in [0.2, 0.25) is 0 Å². The first-order valence-corrected chi connectivity index (χ1v) is 11.2. The molecule has 2 rings (SSSR count). The van der Waals surface area contributed by atoms with Crippen molar-refractivity contribution in [1.82, 2.24) is 0 Å². The highest BCUT2D eigenvalue weighted by atomic mass is 16.6. The summed E-state index contributed by atoms with van der Waals surface area (Å²) in [5.41, 5.74) is 0.553. The van der Waals surface area contributed by atoms with Gasteiger partial charge in [-0.25, -0.2) is 0 Å². The van der Waals surface area contributed by atoms with Gasteiger partial charge in [-0.15, -0.1) is 0 Å². The lowest BCUT2D eigenvalue weighted by molar-refractivity contribution is -0.164. The number of carbonyl (C=O) groups excluding carboxylic acids is 3. The predicted octanol–water partition coefficient (Wildman–Crippen LogP) is 3.57. The second-order valence-electron chi connectivity index (χ2n) is 9.61. The van der Waals surface area contributed by atoms with Gasteiger partial charge in [-0.3, -0.25) is 14.4 Å². The summed E-state index contributed by atoms with van der Waals surface area (Å²) in [4.78, 5) is 35.3. The van der Waals surface area contributed by atoms with Crippen molar-refractivity contribution in [3.8, 4) is 0 Å². The fourth-order valence-electron chi connectivity index (χ4n) is 5.45. The van der Waals surface area contributed by atoms with E-state index in [1.807, 2.05) is 6.92 Å². The molecule has 0 bridgehead atoms. The summed E-state index contributed by atoms with van der Waals surface area (Å²) in [7, 11) is 1.45. The first-order valence-electron chi connectivity index (χ1n) is 11.2. The largest absolute Gasteiger partial charge is 0.469 e. The molecule has 0 aromatic rings. The summed E-state index contributed by atoms with van der Waals surface area (Å²) in [6.45, 7) is 8.80. The zero-order valence-electron chi connectivity index (χ0n) is 19.7. The summed E-state index contributed by atoms with van der Waals surface area (Å²) in [6, 6.07) is 0. The molecule has 2 aliphatic carbocycles. The number of fused-ring (bicyclic) bond motifs is 1. The van der Waals surface area contributed by atoms with Gasteiger partial charge in [0.1, 0.15) is 6.61 Å². The van der Waals surface area contributed by atoms with Gasteiger partial charge in [0, 0.05) is 13.8 Å². The lowest BCUT2D eigenvalue weighted by Crippen LogP contribution is -2.48. The maximum absolute atomic E-state index is 12.6. The third-order valence-corrected chi connectivity index (χ3v) is 7.62. The van der Waals surface area contributed by atoms with Gasteiger partial charge in [0.15, 0.2) is 6.10 Å². The molecule has 0 aromatic carbocycles. The normalized spacial score (nSPS) is 32.2. The molecule has 0 aliphatic heterocycles. The van der Waals surface area contributed by atoms with E-state index in [9.17, 15) is 19.5 Å². The predicted molar refractivity (Wildman–Crippen MR) is 115 cm³/mol. The Kier molecular flexibility index (Phi) is 8.31. The number of hydrogen-bond donors (Lipinski definition) is 1. The van der Waals surface area contributed by atoms with Crippen LogP contribution in [0.1, 0.15) is 73.1 Å². The highest BCUT2D eigenvalue weighted by Crippen LogP contribution is 2.58. The summed E-state index contributed by atoms with van der Waals surface area (Å²) in [5.74, 6) is -0.677. The van der Waals surface area contributed by atoms with Crippen LogP contribution in [-0.2, 0) is 28.6 Å². The minimum absolute atomic E-state index is 0.123. The molecule has 0 amide bonds. The Morgan fingerprint density at radius 2 is 1.87 bits per heavy atom. The third-order valence-electron chi connectivity index (χ3n) is 7.62. The van der Waals surface area contributed by atoms with Crippen LogP contribution in [0.4, 0.5) is 0 Å². The molecule has 1 fully saturated rings. The van der Waals surface area contributed by atoms with Crippen molar-refractivity contribution < 1.29 is 33.7 Å². The number of methoxy groups -OCH3 is 1. The lowest BCUT2D eigenvalue weighted by atomic mass is 9.51. The number of esters is 3. The molecule has 31 heavy (non-hydrogen) atoms. The fraction of sp³-hybridized carbons (Fsp3) is 0.792. The Morgan fingerprint density at radius 1 is 1.19 bits per heavy atom. The van der Waals surface area contributed by atoms with Crippen LogP contribution in [0.15, 0.2) is 11.6 Å². The van der Waals surface area contributed by atoms with E-state index in [-0.39, 0.29) is 23.9 Å². The zero-order valence-corrected chi connectivity index (χ0v) is 19.7. The minimum Gasteiger partial charge on any atom is -0.469 e. The van der Waals surface area contributed by atoms with Gasteiger partial charge < -0.3 is 19.3 Å². The monoisotopic (exact) mass is 438 g/mol. The van der Waals surface area contributed by atoms with E-state index >= 15 is 0 Å². The molecule has 6 atom stereocenters. The van der Waals surface area contributed by atoms with Crippen LogP contribution >= 0.6 is 0 Å². The first kappa shape index (κ1) is 25.4. The number of rotatable bonds is 8. The lowest BCUT2D eigenvalue weighted by Gasteiger charge is -2.53. The third kappa shape index (κ3) is 5.48. The quantitative estimate of drug-likeness (QED) is 0.351. The Morgan fingerprint density at radius 3 is 2.45 bits per heavy atom. The van der Waals surface area contributed by atoms with Crippen molar-refractivity contribution in [3.05, 3.63) is 11.6 Å². The molecular weight excluding hydrogens is 400 g/mol. The second-order valence-corrected chi connectivity index (χ2v) is 9.61. The van der Waals surface area contributed by atoms with Crippen molar-refractivity contribution in [1.29, 1.82) is 0 Å². The molecule has 2 aliphatic rings. The number of ether oxygens (including phenoxy) is 3. The van der Waals surface area contributed by atoms with Crippen LogP contribution in [0.25, 0.3) is 0 Å². The highest BCUT2D eigenvalue weighted by Gasteiger charge is 2.53. The molecule has 0 spiro atoms. The van der Waals surface area contributed by atoms with Gasteiger partial charge in [-0.2, -0.15) is 0 Å². The summed E-state index contributed by atoms with van der Waals surface area (Å²) in [6.07, 6.45) is 5.01. The Labute approximate surface area is 185 Å². The van der Waals surface area contributed by atoms with Crippen molar-refractivity contribution in [2.24, 2.45) is 22.7 Å². The molecule has 7 heteroatoms. The number of aliphatic hydroxyl groups is 1. The number of carbonyl (C=O) groups is 3. The molecular formula is C24H38O7. The van der Waals surface area contributed by atoms with Crippen molar-refractivity contribution in [2.45, 2.75) is 85.4 Å². The highest BCUT2D eigenvalue weighted by molar-refractivity contribution is 5.77. The number of allylic oxidation sites excluding steroid dienone is 2. The molecule has 7 nitrogen and oxygen atoms in total. The standard InChI is InChI=1S/C24H38O7/c1-15-9-10-19-18(8-7-12-24(19,5)22(28)29-6)23(15,4)13-11-20(27)21(31-17(3)26)14-30-16(2)25/h8,15,19-21,27H,7,9-14H2,1-6H3/t15-,19?,20-,21+,23+,24?/m1/s1. The fourth-order valence-corrected chi connectivity index (χ4v) is 5.45. The molecule has 0 heterocycles. The van der Waals surface area contributed by atoms with Gasteiger partial charge in [0.25, 0.3) is 0 Å². The average Bonchev–Trinajstić information content (AvgIpc) is 2.71. The second kappa shape index (κ2) is 10.2. The minimum atomic E-state index is -0.955. The molecule has 0 radical (unpaired) electrons. The Bertz CT molecular complexity index is 715. The van der Waals surface area contributed by atoms with Crippen LogP contribution < -0.4 is 0 Å². The maximum atomic E-state index is 12.6. The number of aliphatic hydroxyl groups excluding tert-OH is 1. The Balaban J connectivity index is 2.19. The smallest absolute Gasteiger partial charge is 0.312 e. The van der Waals surface area contributed by atoms with E-state index in [1.165, 1.54) is 26.5 Å². The molecule has 1 saturated carbocycles. The SMILES string of the molecule is COC(=O)C1(C)CCC=C2C1CC[C@@H](C)[C@]2(C)CC[C@@H](O)[C@H](COC(C)=O)OC(C)=O. The molecule has 1 N–H and O–H groups in total. The maximum Gasteiger partial charge on any atom is 0.312 e. The first-order chi connectivity index (χ1) is 14.5. The van der Waals surface area contributed by atoms with Crippen LogP contribution in [0.3, 0.4) is 0 Å². The van der Waals surface area contributed by atoms with Gasteiger partial charge in [-0.05, 0) is 62.7 Å². The van der Waals surface area contributed by atoms with Crippen LogP contribution in [0.2, 0.25) is 0 Å².